The topological polar surface area (TPSA) is 41.5 Å². The highest BCUT2D eigenvalue weighted by Gasteiger charge is 2.33. The number of methoxy groups -OCH3 is 1. The van der Waals surface area contributed by atoms with Crippen molar-refractivity contribution in [2.24, 2.45) is 0 Å². The zero-order valence-electron chi connectivity index (χ0n) is 9.81. The maximum Gasteiger partial charge on any atom is 0.416 e. The number of likely N-dealkylation sites (N-methyl/N-ethyl adjacent to an activating group) is 1. The number of nitrogens with one attached hydrogen (secondary N) is 1. The molecule has 0 saturated heterocycles. The first-order valence-electron chi connectivity index (χ1n) is 5.08. The van der Waals surface area contributed by atoms with Gasteiger partial charge in [-0.05, 0) is 35.1 Å². The third-order valence-electron chi connectivity index (χ3n) is 2.36. The quantitative estimate of drug-likeness (QED) is 0.893. The SMILES string of the molecule is CNCC(O)c1cc(C(F)(F)F)cc(Br)c1OC. The molecule has 3 nitrogen and oxygen atoms in total. The molecule has 1 rings (SSSR count). The first-order chi connectivity index (χ1) is 8.31. The standard InChI is InChI=1S/C11H13BrF3NO2/c1-16-5-9(17)7-3-6(11(13,14)15)4-8(12)10(7)18-2/h3-4,9,16-17H,5H2,1-2H3. The molecule has 0 aliphatic carbocycles. The van der Waals surface area contributed by atoms with Gasteiger partial charge in [0, 0.05) is 12.1 Å². The summed E-state index contributed by atoms with van der Waals surface area (Å²) in [5.74, 6) is 0.200. The summed E-state index contributed by atoms with van der Waals surface area (Å²) in [6, 6.07) is 1.82. The van der Waals surface area contributed by atoms with Crippen LogP contribution in [0.15, 0.2) is 16.6 Å². The van der Waals surface area contributed by atoms with E-state index in [2.05, 4.69) is 21.2 Å². The Hall–Kier alpha value is -0.790. The van der Waals surface area contributed by atoms with Crippen LogP contribution < -0.4 is 10.1 Å². The summed E-state index contributed by atoms with van der Waals surface area (Å²) < 4.78 is 43.2. The number of aliphatic hydroxyl groups excluding tert-OH is 1. The lowest BCUT2D eigenvalue weighted by Crippen LogP contribution is -2.18. The minimum Gasteiger partial charge on any atom is -0.495 e. The van der Waals surface area contributed by atoms with Crippen LogP contribution in [0, 0.1) is 0 Å². The van der Waals surface area contributed by atoms with Crippen molar-refractivity contribution in [2.75, 3.05) is 20.7 Å². The molecular weight excluding hydrogens is 315 g/mol. The molecule has 0 heterocycles. The summed E-state index contributed by atoms with van der Waals surface area (Å²) in [7, 11) is 2.93. The molecule has 0 aromatic heterocycles. The number of halogens is 4. The summed E-state index contributed by atoms with van der Waals surface area (Å²) in [6.45, 7) is 0.129. The van der Waals surface area contributed by atoms with Crippen molar-refractivity contribution in [3.63, 3.8) is 0 Å². The fraction of sp³-hybridized carbons (Fsp3) is 0.455. The highest BCUT2D eigenvalue weighted by Crippen LogP contribution is 2.39. The maximum absolute atomic E-state index is 12.7. The van der Waals surface area contributed by atoms with E-state index >= 15 is 0 Å². The summed E-state index contributed by atoms with van der Waals surface area (Å²) in [5, 5.41) is 12.5. The molecule has 2 N–H and O–H groups in total. The number of benzene rings is 1. The van der Waals surface area contributed by atoms with Gasteiger partial charge in [-0.1, -0.05) is 0 Å². The second kappa shape index (κ2) is 5.90. The normalized spacial score (nSPS) is 13.5. The summed E-state index contributed by atoms with van der Waals surface area (Å²) in [5.41, 5.74) is -0.742. The molecule has 0 saturated carbocycles. The van der Waals surface area contributed by atoms with Crippen LogP contribution in [0.3, 0.4) is 0 Å². The Morgan fingerprint density at radius 2 is 2.06 bits per heavy atom. The van der Waals surface area contributed by atoms with Crippen LogP contribution >= 0.6 is 15.9 Å². The van der Waals surface area contributed by atoms with Crippen molar-refractivity contribution in [1.29, 1.82) is 0 Å². The second-order valence-corrected chi connectivity index (χ2v) is 4.51. The molecule has 0 bridgehead atoms. The van der Waals surface area contributed by atoms with Gasteiger partial charge in [-0.3, -0.25) is 0 Å². The van der Waals surface area contributed by atoms with Gasteiger partial charge in [-0.2, -0.15) is 13.2 Å². The lowest BCUT2D eigenvalue weighted by atomic mass is 10.0. The first-order valence-corrected chi connectivity index (χ1v) is 5.87. The van der Waals surface area contributed by atoms with E-state index in [4.69, 9.17) is 4.74 Å². The molecule has 0 fully saturated rings. The van der Waals surface area contributed by atoms with Crippen molar-refractivity contribution < 1.29 is 23.0 Å². The third kappa shape index (κ3) is 3.37. The second-order valence-electron chi connectivity index (χ2n) is 3.65. The average Bonchev–Trinajstić information content (AvgIpc) is 2.27. The van der Waals surface area contributed by atoms with E-state index in [1.54, 1.807) is 7.05 Å². The van der Waals surface area contributed by atoms with Crippen molar-refractivity contribution in [3.05, 3.63) is 27.7 Å². The highest BCUT2D eigenvalue weighted by molar-refractivity contribution is 9.10. The van der Waals surface area contributed by atoms with E-state index in [9.17, 15) is 18.3 Å². The Labute approximate surface area is 111 Å². The molecule has 0 spiro atoms. The molecule has 1 aromatic carbocycles. The van der Waals surface area contributed by atoms with Gasteiger partial charge in [0.1, 0.15) is 5.75 Å². The zero-order chi connectivity index (χ0) is 13.9. The lowest BCUT2D eigenvalue weighted by Gasteiger charge is -2.18. The van der Waals surface area contributed by atoms with E-state index in [0.717, 1.165) is 12.1 Å². The summed E-state index contributed by atoms with van der Waals surface area (Å²) in [6.07, 6.45) is -5.55. The Bertz CT molecular complexity index is 423. The van der Waals surface area contributed by atoms with Crippen molar-refractivity contribution >= 4 is 15.9 Å². The van der Waals surface area contributed by atoms with Gasteiger partial charge in [0.05, 0.1) is 23.2 Å². The minimum atomic E-state index is -4.47. The van der Waals surface area contributed by atoms with Crippen LogP contribution in [-0.2, 0) is 6.18 Å². The molecular formula is C11H13BrF3NO2. The number of alkyl halides is 3. The number of aliphatic hydroxyl groups is 1. The zero-order valence-corrected chi connectivity index (χ0v) is 11.4. The van der Waals surface area contributed by atoms with Crippen LogP contribution in [0.2, 0.25) is 0 Å². The minimum absolute atomic E-state index is 0.0913. The lowest BCUT2D eigenvalue weighted by molar-refractivity contribution is -0.137. The fourth-order valence-electron chi connectivity index (χ4n) is 1.54. The summed E-state index contributed by atoms with van der Waals surface area (Å²) in [4.78, 5) is 0. The van der Waals surface area contributed by atoms with Crippen LogP contribution in [-0.4, -0.2) is 25.8 Å². The smallest absolute Gasteiger partial charge is 0.416 e. The fourth-order valence-corrected chi connectivity index (χ4v) is 2.18. The Morgan fingerprint density at radius 1 is 1.44 bits per heavy atom. The molecule has 1 aromatic rings. The van der Waals surface area contributed by atoms with Gasteiger partial charge in [0.25, 0.3) is 0 Å². The Balaban J connectivity index is 3.32. The Morgan fingerprint density at radius 3 is 2.50 bits per heavy atom. The van der Waals surface area contributed by atoms with Crippen LogP contribution in [0.5, 0.6) is 5.75 Å². The molecule has 18 heavy (non-hydrogen) atoms. The predicted molar refractivity (Wildman–Crippen MR) is 64.6 cm³/mol. The van der Waals surface area contributed by atoms with Crippen LogP contribution in [0.4, 0.5) is 13.2 Å². The van der Waals surface area contributed by atoms with Crippen molar-refractivity contribution in [3.8, 4) is 5.75 Å². The molecule has 1 atom stereocenters. The van der Waals surface area contributed by atoms with E-state index < -0.39 is 17.8 Å². The Kier molecular flexibility index (Phi) is 5.01. The predicted octanol–water partition coefficient (Wildman–Crippen LogP) is 2.73. The van der Waals surface area contributed by atoms with Gasteiger partial charge in [0.2, 0.25) is 0 Å². The van der Waals surface area contributed by atoms with Crippen molar-refractivity contribution in [1.82, 2.24) is 5.32 Å². The van der Waals surface area contributed by atoms with E-state index in [-0.39, 0.29) is 22.3 Å². The summed E-state index contributed by atoms with van der Waals surface area (Å²) >= 11 is 3.01. The number of ether oxygens (including phenoxy) is 1. The molecule has 0 aliphatic rings. The van der Waals surface area contributed by atoms with Gasteiger partial charge >= 0.3 is 6.18 Å². The molecule has 7 heteroatoms. The van der Waals surface area contributed by atoms with E-state index in [1.807, 2.05) is 0 Å². The first kappa shape index (κ1) is 15.3. The maximum atomic E-state index is 12.7. The third-order valence-corrected chi connectivity index (χ3v) is 2.95. The van der Waals surface area contributed by atoms with E-state index in [1.165, 1.54) is 7.11 Å². The molecule has 0 amide bonds. The highest BCUT2D eigenvalue weighted by atomic mass is 79.9. The molecule has 0 radical (unpaired) electrons. The van der Waals surface area contributed by atoms with Gasteiger partial charge in [-0.15, -0.1) is 0 Å². The van der Waals surface area contributed by atoms with E-state index in [0.29, 0.717) is 0 Å². The number of hydrogen-bond acceptors (Lipinski definition) is 3. The number of hydrogen-bond donors (Lipinski definition) is 2. The van der Waals surface area contributed by atoms with Crippen LogP contribution in [0.1, 0.15) is 17.2 Å². The van der Waals surface area contributed by atoms with Gasteiger partial charge in [-0.25, -0.2) is 0 Å². The largest absolute Gasteiger partial charge is 0.495 e. The molecule has 1 unspecified atom stereocenters. The van der Waals surface area contributed by atoms with Crippen molar-refractivity contribution in [2.45, 2.75) is 12.3 Å². The van der Waals surface area contributed by atoms with Gasteiger partial charge in [0.15, 0.2) is 0 Å². The molecule has 102 valence electrons. The van der Waals surface area contributed by atoms with Crippen LogP contribution in [0.25, 0.3) is 0 Å². The average molecular weight is 328 g/mol. The monoisotopic (exact) mass is 327 g/mol. The van der Waals surface area contributed by atoms with Gasteiger partial charge < -0.3 is 15.2 Å². The number of rotatable bonds is 4. The molecule has 0 aliphatic heterocycles.